The largest absolute Gasteiger partial charge is 0.455 e. The Labute approximate surface area is 187 Å². The molecule has 0 N–H and O–H groups in total. The van der Waals surface area contributed by atoms with E-state index in [2.05, 4.69) is 96.0 Å². The molecule has 2 aromatic carbocycles. The summed E-state index contributed by atoms with van der Waals surface area (Å²) >= 11 is 0. The van der Waals surface area contributed by atoms with Crippen LogP contribution in [0.25, 0.3) is 33.2 Å². The van der Waals surface area contributed by atoms with Gasteiger partial charge < -0.3 is 4.42 Å². The van der Waals surface area contributed by atoms with Crippen molar-refractivity contribution in [3.8, 4) is 11.3 Å². The molecule has 0 bridgehead atoms. The van der Waals surface area contributed by atoms with Crippen LogP contribution in [0.5, 0.6) is 0 Å². The third-order valence-electron chi connectivity index (χ3n) is 5.88. The Kier molecular flexibility index (Phi) is 5.82. The molecular formula is C28H35NOSi. The number of nitrogens with zero attached hydrogens (tertiary/aromatic N) is 1. The van der Waals surface area contributed by atoms with Crippen LogP contribution in [0.1, 0.15) is 38.8 Å². The van der Waals surface area contributed by atoms with E-state index < -0.39 is 8.07 Å². The number of aromatic nitrogens is 1. The molecule has 0 amide bonds. The summed E-state index contributed by atoms with van der Waals surface area (Å²) < 4.78 is 6.51. The fourth-order valence-electron chi connectivity index (χ4n) is 4.62. The zero-order chi connectivity index (χ0) is 22.3. The minimum atomic E-state index is -1.55. The van der Waals surface area contributed by atoms with E-state index in [1.165, 1.54) is 27.1 Å². The lowest BCUT2D eigenvalue weighted by atomic mass is 9.94. The van der Waals surface area contributed by atoms with Crippen LogP contribution in [0.4, 0.5) is 0 Å². The van der Waals surface area contributed by atoms with Crippen LogP contribution in [0, 0.1) is 11.8 Å². The average molecular weight is 430 g/mol. The molecule has 0 unspecified atom stereocenters. The molecule has 0 saturated carbocycles. The highest BCUT2D eigenvalue weighted by Crippen LogP contribution is 2.37. The third kappa shape index (κ3) is 4.34. The number of benzene rings is 2. The molecule has 31 heavy (non-hydrogen) atoms. The molecule has 2 aromatic heterocycles. The highest BCUT2D eigenvalue weighted by atomic mass is 28.3. The molecule has 0 aliphatic heterocycles. The Morgan fingerprint density at radius 2 is 1.61 bits per heavy atom. The first-order valence-corrected chi connectivity index (χ1v) is 15.1. The Bertz CT molecular complexity index is 1230. The van der Waals surface area contributed by atoms with Crippen molar-refractivity contribution in [2.75, 3.05) is 0 Å². The molecule has 2 nitrogen and oxygen atoms in total. The summed E-state index contributed by atoms with van der Waals surface area (Å²) in [6.07, 6.45) is 4.15. The Morgan fingerprint density at radius 3 is 2.29 bits per heavy atom. The lowest BCUT2D eigenvalue weighted by Crippen LogP contribution is -2.38. The van der Waals surface area contributed by atoms with Crippen molar-refractivity contribution >= 4 is 35.2 Å². The second-order valence-corrected chi connectivity index (χ2v) is 15.8. The maximum absolute atomic E-state index is 6.51. The van der Waals surface area contributed by atoms with E-state index in [1.54, 1.807) is 0 Å². The topological polar surface area (TPSA) is 26.0 Å². The number of pyridine rings is 1. The Balaban J connectivity index is 2.00. The summed E-state index contributed by atoms with van der Waals surface area (Å²) in [5.41, 5.74) is 6.82. The lowest BCUT2D eigenvalue weighted by Gasteiger charge is -2.20. The van der Waals surface area contributed by atoms with Crippen molar-refractivity contribution in [1.82, 2.24) is 4.98 Å². The quantitative estimate of drug-likeness (QED) is 0.295. The van der Waals surface area contributed by atoms with E-state index in [4.69, 9.17) is 9.40 Å². The van der Waals surface area contributed by atoms with Crippen molar-refractivity contribution in [2.45, 2.75) is 60.2 Å². The number of fused-ring (bicyclic) bond motifs is 3. The van der Waals surface area contributed by atoms with Gasteiger partial charge >= 0.3 is 0 Å². The van der Waals surface area contributed by atoms with E-state index in [0.29, 0.717) is 11.8 Å². The van der Waals surface area contributed by atoms with Gasteiger partial charge in [0.25, 0.3) is 0 Å². The fraction of sp³-hybridized carbons (Fsp3) is 0.393. The number of hydrogen-bond donors (Lipinski definition) is 0. The third-order valence-corrected chi connectivity index (χ3v) is 7.92. The van der Waals surface area contributed by atoms with Crippen LogP contribution < -0.4 is 5.19 Å². The van der Waals surface area contributed by atoms with Crippen LogP contribution in [0.15, 0.2) is 53.1 Å². The minimum Gasteiger partial charge on any atom is -0.455 e. The van der Waals surface area contributed by atoms with Crippen LogP contribution in [0.2, 0.25) is 19.6 Å². The van der Waals surface area contributed by atoms with Gasteiger partial charge in [0.1, 0.15) is 11.2 Å². The molecule has 0 radical (unpaired) electrons. The first-order chi connectivity index (χ1) is 14.6. The molecule has 162 valence electrons. The SMILES string of the molecule is CC(C)Cc1cnc(-c2ccc([Si](C)(C)C)c3c2oc2ccccc23)c(CC(C)C)c1. The van der Waals surface area contributed by atoms with Gasteiger partial charge in [-0.2, -0.15) is 0 Å². The number of para-hydroxylation sites is 1. The molecule has 0 aliphatic rings. The van der Waals surface area contributed by atoms with Gasteiger partial charge in [0, 0.05) is 22.5 Å². The lowest BCUT2D eigenvalue weighted by molar-refractivity contribution is 0.633. The summed E-state index contributed by atoms with van der Waals surface area (Å²) in [6.45, 7) is 16.3. The van der Waals surface area contributed by atoms with Crippen molar-refractivity contribution in [3.63, 3.8) is 0 Å². The van der Waals surface area contributed by atoms with Gasteiger partial charge in [-0.3, -0.25) is 4.98 Å². The molecule has 4 aromatic rings. The van der Waals surface area contributed by atoms with Crippen molar-refractivity contribution in [1.29, 1.82) is 0 Å². The summed E-state index contributed by atoms with van der Waals surface area (Å²) in [5, 5.41) is 3.97. The van der Waals surface area contributed by atoms with Crippen molar-refractivity contribution < 1.29 is 4.42 Å². The van der Waals surface area contributed by atoms with Gasteiger partial charge in [-0.05, 0) is 53.1 Å². The highest BCUT2D eigenvalue weighted by Gasteiger charge is 2.25. The average Bonchev–Trinajstić information content (AvgIpc) is 3.05. The summed E-state index contributed by atoms with van der Waals surface area (Å²) in [5.74, 6) is 1.19. The summed E-state index contributed by atoms with van der Waals surface area (Å²) in [6, 6.07) is 15.4. The highest BCUT2D eigenvalue weighted by molar-refractivity contribution is 6.90. The van der Waals surface area contributed by atoms with Crippen molar-refractivity contribution in [2.24, 2.45) is 11.8 Å². The summed E-state index contributed by atoms with van der Waals surface area (Å²) in [7, 11) is -1.55. The van der Waals surface area contributed by atoms with Gasteiger partial charge in [0.05, 0.1) is 13.8 Å². The Hall–Kier alpha value is -2.39. The van der Waals surface area contributed by atoms with Crippen LogP contribution in [-0.4, -0.2) is 13.1 Å². The first-order valence-electron chi connectivity index (χ1n) is 11.6. The van der Waals surface area contributed by atoms with E-state index in [9.17, 15) is 0 Å². The monoisotopic (exact) mass is 429 g/mol. The van der Waals surface area contributed by atoms with Crippen LogP contribution >= 0.6 is 0 Å². The second kappa shape index (κ2) is 8.27. The van der Waals surface area contributed by atoms with Crippen LogP contribution in [-0.2, 0) is 12.8 Å². The zero-order valence-corrected chi connectivity index (χ0v) is 21.0. The molecule has 0 aliphatic carbocycles. The van der Waals surface area contributed by atoms with Crippen LogP contribution in [0.3, 0.4) is 0 Å². The molecule has 0 saturated heterocycles. The van der Waals surface area contributed by atoms with E-state index in [1.807, 2.05) is 0 Å². The standard InChI is InChI=1S/C28H35NOSi/c1-18(2)14-20-16-21(15-19(3)4)27(29-17-20)23-12-13-25(31(5,6)7)26-22-10-8-9-11-24(22)30-28(23)26/h8-13,16-19H,14-15H2,1-7H3. The molecule has 0 atom stereocenters. The molecule has 2 heterocycles. The number of furan rings is 1. The second-order valence-electron chi connectivity index (χ2n) is 10.8. The van der Waals surface area contributed by atoms with Gasteiger partial charge in [0.15, 0.2) is 0 Å². The first kappa shape index (κ1) is 21.8. The molecule has 0 fully saturated rings. The Morgan fingerprint density at radius 1 is 0.903 bits per heavy atom. The van der Waals surface area contributed by atoms with E-state index >= 15 is 0 Å². The maximum Gasteiger partial charge on any atom is 0.144 e. The predicted octanol–water partition coefficient (Wildman–Crippen LogP) is 7.59. The number of hydrogen-bond acceptors (Lipinski definition) is 2. The maximum atomic E-state index is 6.51. The number of rotatable bonds is 6. The van der Waals surface area contributed by atoms with Gasteiger partial charge in [-0.25, -0.2) is 0 Å². The molecule has 3 heteroatoms. The van der Waals surface area contributed by atoms with E-state index in [-0.39, 0.29) is 0 Å². The summed E-state index contributed by atoms with van der Waals surface area (Å²) in [4.78, 5) is 5.02. The fourth-order valence-corrected chi connectivity index (χ4v) is 6.20. The van der Waals surface area contributed by atoms with Gasteiger partial charge in [-0.15, -0.1) is 0 Å². The predicted molar refractivity (Wildman–Crippen MR) is 137 cm³/mol. The van der Waals surface area contributed by atoms with E-state index in [0.717, 1.165) is 35.3 Å². The van der Waals surface area contributed by atoms with Gasteiger partial charge in [0.2, 0.25) is 0 Å². The molecular weight excluding hydrogens is 394 g/mol. The molecule has 4 rings (SSSR count). The van der Waals surface area contributed by atoms with Crippen molar-refractivity contribution in [3.05, 3.63) is 59.8 Å². The smallest absolute Gasteiger partial charge is 0.144 e. The normalized spacial score (nSPS) is 12.5. The molecule has 0 spiro atoms. The van der Waals surface area contributed by atoms with Gasteiger partial charge in [-0.1, -0.05) is 77.7 Å². The minimum absolute atomic E-state index is 0.572. The zero-order valence-electron chi connectivity index (χ0n) is 20.0.